The monoisotopic (exact) mass is 398 g/mol. The standard InChI is InChI=1S/C17H22N2O3S3/c1-13(15-6-5-11-23-15)18-16(20)12-14-7-8-17(24-14)25(21,22)19-9-3-2-4-10-19/h5-8,11,13H,2-4,9-10,12H2,1H3,(H,18,20). The van der Waals surface area contributed by atoms with Crippen LogP contribution < -0.4 is 5.32 Å². The molecule has 3 heterocycles. The minimum absolute atomic E-state index is 0.0379. The smallest absolute Gasteiger partial charge is 0.252 e. The van der Waals surface area contributed by atoms with Gasteiger partial charge in [0.2, 0.25) is 5.91 Å². The second kappa shape index (κ2) is 7.99. The summed E-state index contributed by atoms with van der Waals surface area (Å²) in [4.78, 5) is 14.1. The van der Waals surface area contributed by atoms with Crippen molar-refractivity contribution in [1.29, 1.82) is 0 Å². The molecular weight excluding hydrogens is 376 g/mol. The molecule has 3 rings (SSSR count). The molecule has 0 aromatic carbocycles. The normalized spacial score (nSPS) is 17.3. The molecule has 1 atom stereocenters. The number of thiophene rings is 2. The summed E-state index contributed by atoms with van der Waals surface area (Å²) in [5, 5.41) is 4.94. The molecular formula is C17H22N2O3S3. The van der Waals surface area contributed by atoms with Gasteiger partial charge in [-0.05, 0) is 43.3 Å². The van der Waals surface area contributed by atoms with Gasteiger partial charge in [0.15, 0.2) is 0 Å². The highest BCUT2D eigenvalue weighted by Crippen LogP contribution is 2.27. The van der Waals surface area contributed by atoms with Gasteiger partial charge in [0.1, 0.15) is 4.21 Å². The van der Waals surface area contributed by atoms with E-state index in [2.05, 4.69) is 5.32 Å². The molecule has 1 N–H and O–H groups in total. The van der Waals surface area contributed by atoms with Crippen molar-refractivity contribution in [3.8, 4) is 0 Å². The number of hydrogen-bond acceptors (Lipinski definition) is 5. The molecule has 2 aromatic rings. The number of nitrogens with one attached hydrogen (secondary N) is 1. The zero-order chi connectivity index (χ0) is 17.9. The van der Waals surface area contributed by atoms with Crippen LogP contribution in [0, 0.1) is 0 Å². The lowest BCUT2D eigenvalue weighted by molar-refractivity contribution is -0.121. The van der Waals surface area contributed by atoms with E-state index < -0.39 is 10.0 Å². The Hall–Kier alpha value is -1.22. The van der Waals surface area contributed by atoms with E-state index in [1.165, 1.54) is 11.3 Å². The average molecular weight is 399 g/mol. The van der Waals surface area contributed by atoms with Crippen LogP contribution in [0.15, 0.2) is 33.9 Å². The quantitative estimate of drug-likeness (QED) is 0.811. The van der Waals surface area contributed by atoms with Gasteiger partial charge in [0.05, 0.1) is 12.5 Å². The van der Waals surface area contributed by atoms with Gasteiger partial charge in [-0.3, -0.25) is 4.79 Å². The summed E-state index contributed by atoms with van der Waals surface area (Å²) in [5.74, 6) is -0.0929. The Morgan fingerprint density at radius 2 is 2.00 bits per heavy atom. The lowest BCUT2D eigenvalue weighted by Gasteiger charge is -2.25. The van der Waals surface area contributed by atoms with Crippen LogP contribution in [-0.4, -0.2) is 31.7 Å². The number of sulfonamides is 1. The van der Waals surface area contributed by atoms with E-state index in [1.54, 1.807) is 27.8 Å². The second-order valence-electron chi connectivity index (χ2n) is 6.17. The van der Waals surface area contributed by atoms with Crippen LogP contribution in [0.5, 0.6) is 0 Å². The predicted molar refractivity (Wildman–Crippen MR) is 102 cm³/mol. The number of nitrogens with zero attached hydrogens (tertiary/aromatic N) is 1. The van der Waals surface area contributed by atoms with E-state index in [0.29, 0.717) is 17.3 Å². The van der Waals surface area contributed by atoms with Gasteiger partial charge < -0.3 is 5.32 Å². The van der Waals surface area contributed by atoms with Gasteiger partial charge in [0.25, 0.3) is 10.0 Å². The van der Waals surface area contributed by atoms with E-state index in [1.807, 2.05) is 24.4 Å². The van der Waals surface area contributed by atoms with E-state index >= 15 is 0 Å². The Morgan fingerprint density at radius 3 is 2.68 bits per heavy atom. The number of amides is 1. The lowest BCUT2D eigenvalue weighted by atomic mass is 10.2. The first-order valence-corrected chi connectivity index (χ1v) is 11.5. The number of carbonyl (C=O) groups is 1. The highest BCUT2D eigenvalue weighted by molar-refractivity contribution is 7.91. The summed E-state index contributed by atoms with van der Waals surface area (Å²) in [7, 11) is -3.41. The van der Waals surface area contributed by atoms with Gasteiger partial charge in [-0.1, -0.05) is 12.5 Å². The number of piperidine rings is 1. The summed E-state index contributed by atoms with van der Waals surface area (Å²) < 4.78 is 27.2. The molecule has 1 aliphatic rings. The van der Waals surface area contributed by atoms with Crippen LogP contribution in [0.1, 0.15) is 42.0 Å². The highest BCUT2D eigenvalue weighted by atomic mass is 32.2. The topological polar surface area (TPSA) is 66.5 Å². The van der Waals surface area contributed by atoms with Crippen molar-refractivity contribution in [2.45, 2.75) is 42.9 Å². The maximum atomic E-state index is 12.7. The van der Waals surface area contributed by atoms with Crippen LogP contribution in [0.4, 0.5) is 0 Å². The number of hydrogen-bond donors (Lipinski definition) is 1. The first-order valence-electron chi connectivity index (χ1n) is 8.38. The highest BCUT2D eigenvalue weighted by Gasteiger charge is 2.27. The molecule has 8 heteroatoms. The van der Waals surface area contributed by atoms with Gasteiger partial charge in [-0.15, -0.1) is 22.7 Å². The van der Waals surface area contributed by atoms with E-state index in [-0.39, 0.29) is 18.4 Å². The molecule has 25 heavy (non-hydrogen) atoms. The molecule has 1 aliphatic heterocycles. The molecule has 1 fully saturated rings. The van der Waals surface area contributed by atoms with Crippen molar-refractivity contribution in [3.63, 3.8) is 0 Å². The van der Waals surface area contributed by atoms with Crippen molar-refractivity contribution in [2.24, 2.45) is 0 Å². The molecule has 0 spiro atoms. The Labute approximate surface area is 156 Å². The largest absolute Gasteiger partial charge is 0.348 e. The molecule has 0 radical (unpaired) electrons. The number of rotatable bonds is 6. The van der Waals surface area contributed by atoms with Crippen LogP contribution in [-0.2, 0) is 21.2 Å². The zero-order valence-corrected chi connectivity index (χ0v) is 16.6. The van der Waals surface area contributed by atoms with E-state index in [9.17, 15) is 13.2 Å². The Bertz CT molecular complexity index is 806. The van der Waals surface area contributed by atoms with Crippen LogP contribution in [0.2, 0.25) is 0 Å². The minimum atomic E-state index is -3.41. The molecule has 0 saturated carbocycles. The third-order valence-electron chi connectivity index (χ3n) is 4.23. The molecule has 0 aliphatic carbocycles. The van der Waals surface area contributed by atoms with Gasteiger partial charge >= 0.3 is 0 Å². The van der Waals surface area contributed by atoms with Crippen molar-refractivity contribution in [3.05, 3.63) is 39.4 Å². The molecule has 0 bridgehead atoms. The summed E-state index contributed by atoms with van der Waals surface area (Å²) >= 11 is 2.80. The third-order valence-corrected chi connectivity index (χ3v) is 8.73. The van der Waals surface area contributed by atoms with Crippen LogP contribution in [0.3, 0.4) is 0 Å². The van der Waals surface area contributed by atoms with E-state index in [0.717, 1.165) is 29.0 Å². The first-order chi connectivity index (χ1) is 12.0. The van der Waals surface area contributed by atoms with Crippen molar-refractivity contribution >= 4 is 38.6 Å². The van der Waals surface area contributed by atoms with Crippen LogP contribution in [0.25, 0.3) is 0 Å². The SMILES string of the molecule is CC(NC(=O)Cc1ccc(S(=O)(=O)N2CCCCC2)s1)c1cccs1. The fourth-order valence-electron chi connectivity index (χ4n) is 2.88. The fourth-order valence-corrected chi connectivity index (χ4v) is 6.64. The Morgan fingerprint density at radius 1 is 1.24 bits per heavy atom. The number of carbonyl (C=O) groups excluding carboxylic acids is 1. The average Bonchev–Trinajstić information content (AvgIpc) is 3.27. The second-order valence-corrected chi connectivity index (χ2v) is 10.5. The molecule has 136 valence electrons. The van der Waals surface area contributed by atoms with Gasteiger partial charge in [-0.2, -0.15) is 4.31 Å². The molecule has 2 aromatic heterocycles. The van der Waals surface area contributed by atoms with Gasteiger partial charge in [-0.25, -0.2) is 8.42 Å². The summed E-state index contributed by atoms with van der Waals surface area (Å²) in [6.07, 6.45) is 3.13. The molecule has 1 saturated heterocycles. The fraction of sp³-hybridized carbons (Fsp3) is 0.471. The first kappa shape index (κ1) is 18.6. The Kier molecular flexibility index (Phi) is 5.93. The van der Waals surface area contributed by atoms with Gasteiger partial charge in [0, 0.05) is 22.8 Å². The summed E-state index contributed by atoms with van der Waals surface area (Å²) in [5.41, 5.74) is 0. The summed E-state index contributed by atoms with van der Waals surface area (Å²) in [6.45, 7) is 3.13. The maximum Gasteiger partial charge on any atom is 0.252 e. The Balaban J connectivity index is 1.62. The molecule has 1 amide bonds. The van der Waals surface area contributed by atoms with Crippen molar-refractivity contribution in [1.82, 2.24) is 9.62 Å². The molecule has 1 unspecified atom stereocenters. The van der Waals surface area contributed by atoms with Crippen LogP contribution >= 0.6 is 22.7 Å². The zero-order valence-electron chi connectivity index (χ0n) is 14.1. The lowest BCUT2D eigenvalue weighted by Crippen LogP contribution is -2.35. The molecule has 5 nitrogen and oxygen atoms in total. The third kappa shape index (κ3) is 4.49. The summed E-state index contributed by atoms with van der Waals surface area (Å²) in [6, 6.07) is 7.28. The predicted octanol–water partition coefficient (Wildman–Crippen LogP) is 3.40. The van der Waals surface area contributed by atoms with Crippen molar-refractivity contribution < 1.29 is 13.2 Å². The maximum absolute atomic E-state index is 12.7. The minimum Gasteiger partial charge on any atom is -0.348 e. The van der Waals surface area contributed by atoms with E-state index in [4.69, 9.17) is 0 Å². The van der Waals surface area contributed by atoms with Crippen molar-refractivity contribution in [2.75, 3.05) is 13.1 Å².